The van der Waals surface area contributed by atoms with Crippen molar-refractivity contribution in [3.8, 4) is 0 Å². The van der Waals surface area contributed by atoms with Gasteiger partial charge in [0.2, 0.25) is 0 Å². The van der Waals surface area contributed by atoms with E-state index in [1.165, 1.54) is 5.57 Å². The second kappa shape index (κ2) is 6.66. The molecule has 0 saturated heterocycles. The molecule has 0 aromatic carbocycles. The second-order valence-corrected chi connectivity index (χ2v) is 2.90. The molecular weight excluding hydrogens is 144 g/mol. The third-order valence-corrected chi connectivity index (χ3v) is 1.89. The van der Waals surface area contributed by atoms with Crippen molar-refractivity contribution in [3.63, 3.8) is 0 Å². The predicted octanol–water partition coefficient (Wildman–Crippen LogP) is 3.89. The SMILES string of the molecule is C=CCC(=C)C(CC=C)CC=C. The van der Waals surface area contributed by atoms with Crippen LogP contribution in [0, 0.1) is 5.92 Å². The molecule has 0 N–H and O–H groups in total. The first-order valence-corrected chi connectivity index (χ1v) is 4.26. The first kappa shape index (κ1) is 11.0. The van der Waals surface area contributed by atoms with Crippen LogP contribution >= 0.6 is 0 Å². The van der Waals surface area contributed by atoms with Gasteiger partial charge in [0, 0.05) is 0 Å². The zero-order valence-electron chi connectivity index (χ0n) is 7.76. The Balaban J connectivity index is 4.06. The Morgan fingerprint density at radius 2 is 1.50 bits per heavy atom. The molecule has 0 fully saturated rings. The lowest BCUT2D eigenvalue weighted by atomic mass is 9.91. The van der Waals surface area contributed by atoms with Gasteiger partial charge >= 0.3 is 0 Å². The van der Waals surface area contributed by atoms with Crippen LogP contribution in [-0.4, -0.2) is 0 Å². The Morgan fingerprint density at radius 1 is 1.00 bits per heavy atom. The predicted molar refractivity (Wildman–Crippen MR) is 57.1 cm³/mol. The van der Waals surface area contributed by atoms with Crippen LogP contribution < -0.4 is 0 Å². The molecule has 0 atom stereocenters. The summed E-state index contributed by atoms with van der Waals surface area (Å²) in [4.78, 5) is 0. The Hall–Kier alpha value is -1.04. The topological polar surface area (TPSA) is 0 Å². The maximum Gasteiger partial charge on any atom is -0.0134 e. The molecule has 0 saturated carbocycles. The first-order chi connectivity index (χ1) is 5.76. The third kappa shape index (κ3) is 3.97. The van der Waals surface area contributed by atoms with Gasteiger partial charge in [0.15, 0.2) is 0 Å². The van der Waals surface area contributed by atoms with Crippen molar-refractivity contribution in [1.82, 2.24) is 0 Å². The van der Waals surface area contributed by atoms with Gasteiger partial charge in [-0.15, -0.1) is 19.7 Å². The zero-order chi connectivity index (χ0) is 9.40. The van der Waals surface area contributed by atoms with Crippen LogP contribution in [0.2, 0.25) is 0 Å². The van der Waals surface area contributed by atoms with E-state index in [2.05, 4.69) is 26.3 Å². The fraction of sp³-hybridized carbons (Fsp3) is 0.333. The summed E-state index contributed by atoms with van der Waals surface area (Å²) in [6, 6.07) is 0. The first-order valence-electron chi connectivity index (χ1n) is 4.26. The van der Waals surface area contributed by atoms with Crippen LogP contribution in [0.15, 0.2) is 50.1 Å². The van der Waals surface area contributed by atoms with Crippen LogP contribution in [0.25, 0.3) is 0 Å². The van der Waals surface area contributed by atoms with E-state index in [1.807, 2.05) is 18.2 Å². The standard InChI is InChI=1S/C12H18/c1-5-8-11(4)12(9-6-2)10-7-3/h5-7,12H,1-4,8-10H2. The molecule has 0 aliphatic carbocycles. The summed E-state index contributed by atoms with van der Waals surface area (Å²) in [6.45, 7) is 15.2. The molecule has 0 amide bonds. The van der Waals surface area contributed by atoms with E-state index in [4.69, 9.17) is 0 Å². The molecule has 0 rings (SSSR count). The van der Waals surface area contributed by atoms with Gasteiger partial charge in [-0.05, 0) is 25.2 Å². The summed E-state index contributed by atoms with van der Waals surface area (Å²) >= 11 is 0. The van der Waals surface area contributed by atoms with Crippen molar-refractivity contribution in [1.29, 1.82) is 0 Å². The minimum atomic E-state index is 0.498. The van der Waals surface area contributed by atoms with Crippen LogP contribution in [0.1, 0.15) is 19.3 Å². The average molecular weight is 162 g/mol. The number of rotatable bonds is 7. The monoisotopic (exact) mass is 162 g/mol. The highest BCUT2D eigenvalue weighted by molar-refractivity contribution is 5.08. The number of allylic oxidation sites excluding steroid dienone is 4. The molecule has 0 unspecified atom stereocenters. The lowest BCUT2D eigenvalue weighted by molar-refractivity contribution is 0.624. The van der Waals surface area contributed by atoms with Gasteiger partial charge in [-0.25, -0.2) is 0 Å². The summed E-state index contributed by atoms with van der Waals surface area (Å²) < 4.78 is 0. The molecule has 0 spiro atoms. The molecule has 0 aliphatic rings. The highest BCUT2D eigenvalue weighted by Crippen LogP contribution is 2.21. The van der Waals surface area contributed by atoms with Crippen LogP contribution in [0.5, 0.6) is 0 Å². The van der Waals surface area contributed by atoms with Crippen LogP contribution in [0.4, 0.5) is 0 Å². The quantitative estimate of drug-likeness (QED) is 0.498. The summed E-state index contributed by atoms with van der Waals surface area (Å²) in [6.07, 6.45) is 8.62. The molecule has 0 aromatic rings. The molecule has 0 heterocycles. The summed E-state index contributed by atoms with van der Waals surface area (Å²) in [5.41, 5.74) is 1.23. The molecule has 0 nitrogen and oxygen atoms in total. The zero-order valence-corrected chi connectivity index (χ0v) is 7.76. The maximum absolute atomic E-state index is 4.02. The molecule has 0 aromatic heterocycles. The Morgan fingerprint density at radius 3 is 1.83 bits per heavy atom. The van der Waals surface area contributed by atoms with Crippen molar-refractivity contribution in [2.45, 2.75) is 19.3 Å². The summed E-state index contributed by atoms with van der Waals surface area (Å²) in [7, 11) is 0. The van der Waals surface area contributed by atoms with E-state index in [0.717, 1.165) is 19.3 Å². The van der Waals surface area contributed by atoms with Gasteiger partial charge in [0.05, 0.1) is 0 Å². The van der Waals surface area contributed by atoms with Crippen molar-refractivity contribution in [2.75, 3.05) is 0 Å². The highest BCUT2D eigenvalue weighted by atomic mass is 14.1. The normalized spacial score (nSPS) is 9.42. The Bertz CT molecular complexity index is 164. The molecule has 0 bridgehead atoms. The van der Waals surface area contributed by atoms with E-state index in [-0.39, 0.29) is 0 Å². The van der Waals surface area contributed by atoms with E-state index >= 15 is 0 Å². The second-order valence-electron chi connectivity index (χ2n) is 2.90. The van der Waals surface area contributed by atoms with Crippen molar-refractivity contribution < 1.29 is 0 Å². The van der Waals surface area contributed by atoms with Crippen LogP contribution in [0.3, 0.4) is 0 Å². The minimum absolute atomic E-state index is 0.498. The third-order valence-electron chi connectivity index (χ3n) is 1.89. The lowest BCUT2D eigenvalue weighted by Gasteiger charge is -2.14. The van der Waals surface area contributed by atoms with Gasteiger partial charge in [-0.1, -0.05) is 30.4 Å². The summed E-state index contributed by atoms with van der Waals surface area (Å²) in [5.74, 6) is 0.498. The average Bonchev–Trinajstić information content (AvgIpc) is 2.04. The number of hydrogen-bond donors (Lipinski definition) is 0. The Kier molecular flexibility index (Phi) is 6.08. The van der Waals surface area contributed by atoms with Gasteiger partial charge in [-0.3, -0.25) is 0 Å². The van der Waals surface area contributed by atoms with E-state index in [9.17, 15) is 0 Å². The van der Waals surface area contributed by atoms with E-state index < -0.39 is 0 Å². The maximum atomic E-state index is 4.02. The fourth-order valence-corrected chi connectivity index (χ4v) is 1.18. The molecule has 66 valence electrons. The van der Waals surface area contributed by atoms with Gasteiger partial charge in [0.1, 0.15) is 0 Å². The van der Waals surface area contributed by atoms with Crippen LogP contribution in [-0.2, 0) is 0 Å². The lowest BCUT2D eigenvalue weighted by Crippen LogP contribution is -2.00. The molecule has 0 aliphatic heterocycles. The van der Waals surface area contributed by atoms with Gasteiger partial charge < -0.3 is 0 Å². The van der Waals surface area contributed by atoms with E-state index in [1.54, 1.807) is 0 Å². The molecule has 0 radical (unpaired) electrons. The Labute approximate surface area is 76.0 Å². The molecule has 0 heteroatoms. The smallest absolute Gasteiger partial charge is 0.0134 e. The number of hydrogen-bond acceptors (Lipinski definition) is 0. The van der Waals surface area contributed by atoms with Crippen molar-refractivity contribution in [3.05, 3.63) is 50.1 Å². The van der Waals surface area contributed by atoms with Crippen molar-refractivity contribution >= 4 is 0 Å². The van der Waals surface area contributed by atoms with E-state index in [0.29, 0.717) is 5.92 Å². The fourth-order valence-electron chi connectivity index (χ4n) is 1.18. The highest BCUT2D eigenvalue weighted by Gasteiger charge is 2.07. The minimum Gasteiger partial charge on any atom is -0.103 e. The molecular formula is C12H18. The largest absolute Gasteiger partial charge is 0.103 e. The summed E-state index contributed by atoms with van der Waals surface area (Å²) in [5, 5.41) is 0. The van der Waals surface area contributed by atoms with Gasteiger partial charge in [-0.2, -0.15) is 0 Å². The van der Waals surface area contributed by atoms with Gasteiger partial charge in [0.25, 0.3) is 0 Å². The molecule has 12 heavy (non-hydrogen) atoms. The van der Waals surface area contributed by atoms with Crippen molar-refractivity contribution in [2.24, 2.45) is 5.92 Å².